The van der Waals surface area contributed by atoms with Gasteiger partial charge in [0.2, 0.25) is 0 Å². The Hall–Kier alpha value is -1.29. The van der Waals surface area contributed by atoms with Gasteiger partial charge in [-0.2, -0.15) is 11.3 Å². The lowest BCUT2D eigenvalue weighted by atomic mass is 10.1. The lowest BCUT2D eigenvalue weighted by Crippen LogP contribution is -2.12. The topological polar surface area (TPSA) is 27.8 Å². The van der Waals surface area contributed by atoms with Crippen molar-refractivity contribution >= 4 is 33.8 Å². The van der Waals surface area contributed by atoms with Crippen molar-refractivity contribution in [1.82, 2.24) is 10.3 Å². The summed E-state index contributed by atoms with van der Waals surface area (Å²) in [7, 11) is 0. The molecule has 0 atom stereocenters. The maximum Gasteiger partial charge on any atom is 0.0472 e. The number of aromatic amines is 1. The molecule has 2 nitrogen and oxygen atoms in total. The second-order valence-electron chi connectivity index (χ2n) is 4.69. The van der Waals surface area contributed by atoms with E-state index in [-0.39, 0.29) is 0 Å². The van der Waals surface area contributed by atoms with E-state index in [0.717, 1.165) is 23.6 Å². The summed E-state index contributed by atoms with van der Waals surface area (Å²) in [6.07, 6.45) is 2.05. The standard InChI is InChI=1S/C15H15ClN2S/c1-10-8-19-9-12(10)6-17-5-11-7-18-15-4-13(16)2-3-14(11)15/h2-4,7-9,17-18H,5-6H2,1H3. The Morgan fingerprint density at radius 3 is 2.84 bits per heavy atom. The Balaban J connectivity index is 1.70. The third kappa shape index (κ3) is 2.68. The first-order valence-corrected chi connectivity index (χ1v) is 7.54. The zero-order valence-electron chi connectivity index (χ0n) is 10.7. The van der Waals surface area contributed by atoms with Gasteiger partial charge in [-0.3, -0.25) is 0 Å². The van der Waals surface area contributed by atoms with Crippen LogP contribution < -0.4 is 5.32 Å². The first-order chi connectivity index (χ1) is 9.24. The van der Waals surface area contributed by atoms with Crippen LogP contribution in [0.4, 0.5) is 0 Å². The molecule has 0 unspecified atom stereocenters. The van der Waals surface area contributed by atoms with Crippen LogP contribution in [0, 0.1) is 6.92 Å². The first kappa shape index (κ1) is 12.7. The monoisotopic (exact) mass is 290 g/mol. The minimum atomic E-state index is 0.766. The van der Waals surface area contributed by atoms with Crippen LogP contribution in [0.1, 0.15) is 16.7 Å². The average molecular weight is 291 g/mol. The molecule has 1 aromatic carbocycles. The van der Waals surface area contributed by atoms with Crippen LogP contribution >= 0.6 is 22.9 Å². The first-order valence-electron chi connectivity index (χ1n) is 6.22. The molecule has 0 saturated carbocycles. The van der Waals surface area contributed by atoms with E-state index < -0.39 is 0 Å². The zero-order valence-corrected chi connectivity index (χ0v) is 12.2. The third-order valence-electron chi connectivity index (χ3n) is 3.32. The number of hydrogen-bond donors (Lipinski definition) is 2. The molecule has 0 fully saturated rings. The van der Waals surface area contributed by atoms with Crippen LogP contribution in [0.3, 0.4) is 0 Å². The van der Waals surface area contributed by atoms with Gasteiger partial charge in [0.15, 0.2) is 0 Å². The lowest BCUT2D eigenvalue weighted by Gasteiger charge is -2.04. The summed E-state index contributed by atoms with van der Waals surface area (Å²) in [5.41, 5.74) is 5.12. The van der Waals surface area contributed by atoms with Crippen molar-refractivity contribution in [3.63, 3.8) is 0 Å². The highest BCUT2D eigenvalue weighted by Gasteiger charge is 2.04. The van der Waals surface area contributed by atoms with E-state index in [1.807, 2.05) is 12.1 Å². The molecule has 0 aliphatic rings. The van der Waals surface area contributed by atoms with Gasteiger partial charge < -0.3 is 10.3 Å². The summed E-state index contributed by atoms with van der Waals surface area (Å²) in [5.74, 6) is 0. The highest BCUT2D eigenvalue weighted by Crippen LogP contribution is 2.22. The number of benzene rings is 1. The van der Waals surface area contributed by atoms with Crippen LogP contribution in [0.2, 0.25) is 5.02 Å². The largest absolute Gasteiger partial charge is 0.361 e. The number of H-pyrrole nitrogens is 1. The highest BCUT2D eigenvalue weighted by molar-refractivity contribution is 7.08. The molecule has 0 saturated heterocycles. The normalized spacial score (nSPS) is 11.3. The van der Waals surface area contributed by atoms with Gasteiger partial charge in [-0.1, -0.05) is 17.7 Å². The summed E-state index contributed by atoms with van der Waals surface area (Å²) in [6, 6.07) is 5.97. The third-order valence-corrected chi connectivity index (χ3v) is 4.47. The molecule has 0 aliphatic carbocycles. The average Bonchev–Trinajstić information content (AvgIpc) is 2.97. The predicted molar refractivity (Wildman–Crippen MR) is 82.9 cm³/mol. The summed E-state index contributed by atoms with van der Waals surface area (Å²) in [5, 5.41) is 9.88. The smallest absolute Gasteiger partial charge is 0.0472 e. The molecule has 0 aliphatic heterocycles. The Bertz CT molecular complexity index is 699. The Morgan fingerprint density at radius 2 is 2.05 bits per heavy atom. The van der Waals surface area contributed by atoms with E-state index >= 15 is 0 Å². The maximum absolute atomic E-state index is 5.98. The van der Waals surface area contributed by atoms with E-state index in [0.29, 0.717) is 0 Å². The van der Waals surface area contributed by atoms with E-state index in [1.54, 1.807) is 11.3 Å². The van der Waals surface area contributed by atoms with Crippen LogP contribution in [0.25, 0.3) is 10.9 Å². The zero-order chi connectivity index (χ0) is 13.2. The number of nitrogens with one attached hydrogen (secondary N) is 2. The minimum absolute atomic E-state index is 0.766. The van der Waals surface area contributed by atoms with Crippen molar-refractivity contribution in [2.24, 2.45) is 0 Å². The van der Waals surface area contributed by atoms with Gasteiger partial charge in [0.1, 0.15) is 0 Å². The van der Waals surface area contributed by atoms with Crippen LogP contribution in [0.15, 0.2) is 35.2 Å². The lowest BCUT2D eigenvalue weighted by molar-refractivity contribution is 0.695. The van der Waals surface area contributed by atoms with Gasteiger partial charge in [-0.05, 0) is 46.5 Å². The maximum atomic E-state index is 5.98. The number of aromatic nitrogens is 1. The van der Waals surface area contributed by atoms with Crippen LogP contribution in [-0.2, 0) is 13.1 Å². The Kier molecular flexibility index (Phi) is 3.60. The van der Waals surface area contributed by atoms with Gasteiger partial charge in [0.05, 0.1) is 0 Å². The summed E-state index contributed by atoms with van der Waals surface area (Å²) >= 11 is 7.74. The van der Waals surface area contributed by atoms with Crippen molar-refractivity contribution < 1.29 is 0 Å². The fourth-order valence-corrected chi connectivity index (χ4v) is 3.23. The molecule has 2 heterocycles. The molecule has 98 valence electrons. The van der Waals surface area contributed by atoms with Gasteiger partial charge in [-0.25, -0.2) is 0 Å². The predicted octanol–water partition coefficient (Wildman–Crippen LogP) is 4.48. The molecule has 19 heavy (non-hydrogen) atoms. The van der Waals surface area contributed by atoms with Crippen molar-refractivity contribution in [3.8, 4) is 0 Å². The van der Waals surface area contributed by atoms with E-state index in [9.17, 15) is 0 Å². The van der Waals surface area contributed by atoms with Crippen molar-refractivity contribution in [2.75, 3.05) is 0 Å². The molecular formula is C15H15ClN2S. The molecule has 4 heteroatoms. The molecule has 0 bridgehead atoms. The summed E-state index contributed by atoms with van der Waals surface area (Å²) in [4.78, 5) is 3.26. The number of fused-ring (bicyclic) bond motifs is 1. The van der Waals surface area contributed by atoms with Crippen molar-refractivity contribution in [2.45, 2.75) is 20.0 Å². The molecule has 3 rings (SSSR count). The summed E-state index contributed by atoms with van der Waals surface area (Å²) < 4.78 is 0. The van der Waals surface area contributed by atoms with Gasteiger partial charge >= 0.3 is 0 Å². The van der Waals surface area contributed by atoms with E-state index in [4.69, 9.17) is 11.6 Å². The van der Waals surface area contributed by atoms with Crippen molar-refractivity contribution in [1.29, 1.82) is 0 Å². The second-order valence-corrected chi connectivity index (χ2v) is 5.87. The van der Waals surface area contributed by atoms with E-state index in [2.05, 4.69) is 40.2 Å². The van der Waals surface area contributed by atoms with Gasteiger partial charge in [0.25, 0.3) is 0 Å². The molecule has 3 aromatic rings. The fraction of sp³-hybridized carbons (Fsp3) is 0.200. The fourth-order valence-electron chi connectivity index (χ4n) is 2.20. The number of halogens is 1. The second kappa shape index (κ2) is 5.37. The molecule has 2 N–H and O–H groups in total. The summed E-state index contributed by atoms with van der Waals surface area (Å²) in [6.45, 7) is 3.92. The molecular weight excluding hydrogens is 276 g/mol. The minimum Gasteiger partial charge on any atom is -0.361 e. The molecule has 0 amide bonds. The number of thiophene rings is 1. The number of rotatable bonds is 4. The van der Waals surface area contributed by atoms with Crippen molar-refractivity contribution in [3.05, 3.63) is 56.9 Å². The van der Waals surface area contributed by atoms with Crippen LogP contribution in [0.5, 0.6) is 0 Å². The Morgan fingerprint density at radius 1 is 1.21 bits per heavy atom. The molecule has 2 aromatic heterocycles. The Labute approximate surface area is 121 Å². The van der Waals surface area contributed by atoms with Gasteiger partial charge in [-0.15, -0.1) is 0 Å². The number of hydrogen-bond acceptors (Lipinski definition) is 2. The SMILES string of the molecule is Cc1cscc1CNCc1c[nH]c2cc(Cl)ccc12. The van der Waals surface area contributed by atoms with Crippen LogP contribution in [-0.4, -0.2) is 4.98 Å². The quantitative estimate of drug-likeness (QED) is 0.728. The number of aryl methyl sites for hydroxylation is 1. The highest BCUT2D eigenvalue weighted by atomic mass is 35.5. The van der Waals surface area contributed by atoms with E-state index in [1.165, 1.54) is 22.1 Å². The molecule has 0 radical (unpaired) electrons. The molecule has 0 spiro atoms. The van der Waals surface area contributed by atoms with Gasteiger partial charge in [0, 0.05) is 35.2 Å².